The molecule has 0 unspecified atom stereocenters. The van der Waals surface area contributed by atoms with Crippen molar-refractivity contribution >= 4 is 11.7 Å². The van der Waals surface area contributed by atoms with E-state index in [9.17, 15) is 4.79 Å². The second-order valence-corrected chi connectivity index (χ2v) is 7.20. The Morgan fingerprint density at radius 1 is 1.08 bits per heavy atom. The molecule has 1 aromatic carbocycles. The average molecular weight is 354 g/mol. The summed E-state index contributed by atoms with van der Waals surface area (Å²) in [7, 11) is 0. The number of likely N-dealkylation sites (tertiary alicyclic amines) is 2. The van der Waals surface area contributed by atoms with E-state index < -0.39 is 0 Å². The fourth-order valence-electron chi connectivity index (χ4n) is 3.99. The number of aromatic nitrogens is 3. The lowest BCUT2D eigenvalue weighted by atomic mass is 10.0. The molecule has 2 saturated heterocycles. The zero-order valence-electron chi connectivity index (χ0n) is 15.0. The van der Waals surface area contributed by atoms with Crippen molar-refractivity contribution in [1.29, 1.82) is 0 Å². The van der Waals surface area contributed by atoms with Crippen LogP contribution < -0.4 is 5.32 Å². The highest BCUT2D eigenvalue weighted by atomic mass is 16.2. The first-order valence-corrected chi connectivity index (χ1v) is 9.55. The van der Waals surface area contributed by atoms with Crippen molar-refractivity contribution in [3.8, 4) is 5.69 Å². The molecular formula is C19H26N6O. The lowest BCUT2D eigenvalue weighted by Crippen LogP contribution is -2.50. The summed E-state index contributed by atoms with van der Waals surface area (Å²) in [5.74, 6) is 0. The maximum atomic E-state index is 12.9. The summed E-state index contributed by atoms with van der Waals surface area (Å²) >= 11 is 0. The van der Waals surface area contributed by atoms with Gasteiger partial charge in [-0.15, -0.1) is 10.2 Å². The number of hydrogen-bond donors (Lipinski definition) is 1. The number of piperidine rings is 1. The number of nitrogens with zero attached hydrogens (tertiary/aromatic N) is 5. The maximum absolute atomic E-state index is 12.9. The number of rotatable bonds is 4. The molecule has 0 radical (unpaired) electrons. The Bertz CT molecular complexity index is 725. The van der Waals surface area contributed by atoms with Crippen molar-refractivity contribution in [2.75, 3.05) is 31.5 Å². The Kier molecular flexibility index (Phi) is 5.15. The quantitative estimate of drug-likeness (QED) is 0.917. The van der Waals surface area contributed by atoms with Crippen LogP contribution in [-0.2, 0) is 0 Å². The average Bonchev–Trinajstić information content (AvgIpc) is 3.36. The summed E-state index contributed by atoms with van der Waals surface area (Å²) in [4.78, 5) is 17.5. The predicted octanol–water partition coefficient (Wildman–Crippen LogP) is 2.75. The Balaban J connectivity index is 1.43. The molecule has 3 heterocycles. The molecule has 7 nitrogen and oxygen atoms in total. The normalized spacial score (nSPS) is 21.1. The van der Waals surface area contributed by atoms with Crippen LogP contribution in [0.3, 0.4) is 0 Å². The lowest BCUT2D eigenvalue weighted by molar-refractivity contribution is 0.136. The molecule has 0 saturated carbocycles. The fraction of sp³-hybridized carbons (Fsp3) is 0.526. The third-order valence-corrected chi connectivity index (χ3v) is 5.37. The summed E-state index contributed by atoms with van der Waals surface area (Å²) < 4.78 is 1.83. The molecule has 26 heavy (non-hydrogen) atoms. The Morgan fingerprint density at radius 2 is 1.85 bits per heavy atom. The van der Waals surface area contributed by atoms with E-state index in [0.29, 0.717) is 6.04 Å². The molecule has 138 valence electrons. The zero-order valence-corrected chi connectivity index (χ0v) is 15.0. The van der Waals surface area contributed by atoms with Gasteiger partial charge in [0.05, 0.1) is 5.69 Å². The van der Waals surface area contributed by atoms with Gasteiger partial charge in [-0.1, -0.05) is 6.07 Å². The monoisotopic (exact) mass is 354 g/mol. The van der Waals surface area contributed by atoms with E-state index in [0.717, 1.165) is 37.3 Å². The highest BCUT2D eigenvalue weighted by Crippen LogP contribution is 2.22. The van der Waals surface area contributed by atoms with Gasteiger partial charge >= 0.3 is 6.03 Å². The molecule has 0 spiro atoms. The highest BCUT2D eigenvalue weighted by molar-refractivity contribution is 5.90. The Labute approximate surface area is 154 Å². The molecule has 2 aliphatic rings. The highest BCUT2D eigenvalue weighted by Gasteiger charge is 2.29. The minimum absolute atomic E-state index is 0.00908. The van der Waals surface area contributed by atoms with Gasteiger partial charge in [-0.05, 0) is 63.4 Å². The molecule has 7 heteroatoms. The van der Waals surface area contributed by atoms with Gasteiger partial charge in [0.15, 0.2) is 0 Å². The zero-order chi connectivity index (χ0) is 17.8. The Hall–Kier alpha value is -2.41. The van der Waals surface area contributed by atoms with Gasteiger partial charge in [0.2, 0.25) is 0 Å². The van der Waals surface area contributed by atoms with E-state index in [1.54, 1.807) is 12.7 Å². The number of hydrogen-bond acceptors (Lipinski definition) is 4. The van der Waals surface area contributed by atoms with Crippen molar-refractivity contribution in [3.05, 3.63) is 36.9 Å². The first-order valence-electron chi connectivity index (χ1n) is 9.55. The second kappa shape index (κ2) is 7.86. The fourth-order valence-corrected chi connectivity index (χ4v) is 3.99. The van der Waals surface area contributed by atoms with Gasteiger partial charge in [0.25, 0.3) is 0 Å². The van der Waals surface area contributed by atoms with Gasteiger partial charge in [-0.25, -0.2) is 4.79 Å². The molecule has 2 amide bonds. The first-order chi connectivity index (χ1) is 12.8. The van der Waals surface area contributed by atoms with Crippen LogP contribution in [0.4, 0.5) is 10.5 Å². The predicted molar refractivity (Wildman–Crippen MR) is 100 cm³/mol. The molecular weight excluding hydrogens is 328 g/mol. The third-order valence-electron chi connectivity index (χ3n) is 5.37. The molecule has 0 bridgehead atoms. The van der Waals surface area contributed by atoms with Crippen LogP contribution in [0.5, 0.6) is 0 Å². The largest absolute Gasteiger partial charge is 0.322 e. The van der Waals surface area contributed by atoms with Gasteiger partial charge < -0.3 is 15.1 Å². The van der Waals surface area contributed by atoms with Crippen molar-refractivity contribution in [2.45, 2.75) is 38.1 Å². The van der Waals surface area contributed by atoms with E-state index in [2.05, 4.69) is 20.4 Å². The number of nitrogens with one attached hydrogen (secondary N) is 1. The standard InChI is InChI=1S/C19H26N6O/c26-19(22-16-6-5-8-17(12-16)24-14-20-21-15-24)25-11-2-1-7-18(25)13-23-9-3-4-10-23/h5-6,8,12,14-15,18H,1-4,7,9-11,13H2,(H,22,26)/t18-/m1/s1. The molecule has 0 aliphatic carbocycles. The molecule has 2 aromatic rings. The molecule has 1 aromatic heterocycles. The second-order valence-electron chi connectivity index (χ2n) is 7.20. The third kappa shape index (κ3) is 3.88. The van der Waals surface area contributed by atoms with E-state index in [4.69, 9.17) is 0 Å². The summed E-state index contributed by atoms with van der Waals surface area (Å²) in [5.41, 5.74) is 1.73. The van der Waals surface area contributed by atoms with Crippen molar-refractivity contribution in [1.82, 2.24) is 24.6 Å². The number of amides is 2. The maximum Gasteiger partial charge on any atom is 0.322 e. The number of carbonyl (C=O) groups is 1. The van der Waals surface area contributed by atoms with Crippen LogP contribution in [0, 0.1) is 0 Å². The van der Waals surface area contributed by atoms with Gasteiger partial charge in [0.1, 0.15) is 12.7 Å². The SMILES string of the molecule is O=C(Nc1cccc(-n2cnnc2)c1)N1CCCC[C@@H]1CN1CCCC1. The molecule has 4 rings (SSSR count). The number of carbonyl (C=O) groups excluding carboxylic acids is 1. The molecule has 1 N–H and O–H groups in total. The molecule has 2 aliphatic heterocycles. The number of anilines is 1. The smallest absolute Gasteiger partial charge is 0.320 e. The van der Waals surface area contributed by atoms with Crippen LogP contribution in [0.15, 0.2) is 36.9 Å². The van der Waals surface area contributed by atoms with Crippen LogP contribution in [0.1, 0.15) is 32.1 Å². The minimum Gasteiger partial charge on any atom is -0.320 e. The van der Waals surface area contributed by atoms with Gasteiger partial charge in [-0.2, -0.15) is 0 Å². The lowest BCUT2D eigenvalue weighted by Gasteiger charge is -2.37. The van der Waals surface area contributed by atoms with Crippen LogP contribution in [0.25, 0.3) is 5.69 Å². The number of benzene rings is 1. The van der Waals surface area contributed by atoms with Crippen LogP contribution >= 0.6 is 0 Å². The van der Waals surface area contributed by atoms with Crippen molar-refractivity contribution in [3.63, 3.8) is 0 Å². The van der Waals surface area contributed by atoms with E-state index in [-0.39, 0.29) is 6.03 Å². The van der Waals surface area contributed by atoms with E-state index in [1.165, 1.54) is 32.4 Å². The van der Waals surface area contributed by atoms with E-state index >= 15 is 0 Å². The van der Waals surface area contributed by atoms with Crippen molar-refractivity contribution < 1.29 is 4.79 Å². The van der Waals surface area contributed by atoms with Crippen LogP contribution in [-0.4, -0.2) is 62.8 Å². The van der Waals surface area contributed by atoms with Gasteiger partial charge in [0, 0.05) is 24.8 Å². The summed E-state index contributed by atoms with van der Waals surface area (Å²) in [6.07, 6.45) is 9.28. The van der Waals surface area contributed by atoms with Crippen LogP contribution in [0.2, 0.25) is 0 Å². The molecule has 2 fully saturated rings. The molecule has 1 atom stereocenters. The van der Waals surface area contributed by atoms with E-state index in [1.807, 2.05) is 33.7 Å². The number of urea groups is 1. The minimum atomic E-state index is 0.00908. The summed E-state index contributed by atoms with van der Waals surface area (Å²) in [5, 5.41) is 10.8. The van der Waals surface area contributed by atoms with Gasteiger partial charge in [-0.3, -0.25) is 4.57 Å². The Morgan fingerprint density at radius 3 is 2.65 bits per heavy atom. The topological polar surface area (TPSA) is 66.3 Å². The first kappa shape index (κ1) is 17.0. The van der Waals surface area contributed by atoms with Crippen molar-refractivity contribution in [2.24, 2.45) is 0 Å². The summed E-state index contributed by atoms with van der Waals surface area (Å²) in [6, 6.07) is 8.10. The summed E-state index contributed by atoms with van der Waals surface area (Å²) in [6.45, 7) is 4.20.